The fraction of sp³-hybridized carbons (Fsp3) is 0.750. The Hall–Kier alpha value is -0.590. The number of hydrogen-bond donors (Lipinski definition) is 0. The predicted octanol–water partition coefficient (Wildman–Crippen LogP) is 2.71. The number of carbonyl (C=O) groups is 1. The molecule has 1 spiro atoms. The summed E-state index contributed by atoms with van der Waals surface area (Å²) >= 11 is 0. The van der Waals surface area contributed by atoms with Gasteiger partial charge in [0.1, 0.15) is 0 Å². The van der Waals surface area contributed by atoms with E-state index in [0.717, 1.165) is 12.3 Å². The third-order valence-corrected chi connectivity index (χ3v) is 4.58. The first-order valence-electron chi connectivity index (χ1n) is 5.46. The number of carbonyl (C=O) groups excluding carboxylic acids is 1. The first-order chi connectivity index (χ1) is 6.22. The van der Waals surface area contributed by atoms with Crippen LogP contribution in [0.3, 0.4) is 0 Å². The van der Waals surface area contributed by atoms with Gasteiger partial charge in [0, 0.05) is 11.8 Å². The van der Waals surface area contributed by atoms with Crippen molar-refractivity contribution < 1.29 is 4.79 Å². The summed E-state index contributed by atoms with van der Waals surface area (Å²) in [6.07, 6.45) is 8.21. The van der Waals surface area contributed by atoms with Gasteiger partial charge in [0.05, 0.1) is 0 Å². The van der Waals surface area contributed by atoms with Crippen LogP contribution in [0, 0.1) is 17.3 Å². The lowest BCUT2D eigenvalue weighted by atomic mass is 9.71. The molecule has 0 heterocycles. The summed E-state index contributed by atoms with van der Waals surface area (Å²) in [7, 11) is 0. The second kappa shape index (κ2) is 2.26. The molecule has 3 aliphatic rings. The molecule has 0 aromatic rings. The van der Waals surface area contributed by atoms with Crippen LogP contribution < -0.4 is 0 Å². The highest BCUT2D eigenvalue weighted by molar-refractivity contribution is 5.99. The van der Waals surface area contributed by atoms with Gasteiger partial charge in [0.2, 0.25) is 0 Å². The zero-order chi connectivity index (χ0) is 9.05. The Labute approximate surface area is 79.2 Å². The second-order valence-electron chi connectivity index (χ2n) is 5.15. The molecule has 13 heavy (non-hydrogen) atoms. The van der Waals surface area contributed by atoms with Gasteiger partial charge in [-0.15, -0.1) is 0 Å². The molecule has 1 nitrogen and oxygen atoms in total. The van der Waals surface area contributed by atoms with Crippen molar-refractivity contribution in [1.29, 1.82) is 0 Å². The Bertz CT molecular complexity index is 302. The number of rotatable bonds is 0. The summed E-state index contributed by atoms with van der Waals surface area (Å²) in [5, 5.41) is 0. The molecule has 70 valence electrons. The van der Waals surface area contributed by atoms with E-state index >= 15 is 0 Å². The first-order valence-corrected chi connectivity index (χ1v) is 5.46. The molecule has 3 rings (SSSR count). The number of Topliss-reactive ketones (excluding diaryl/α,β-unsaturated/α-hetero) is 1. The Morgan fingerprint density at radius 2 is 2.38 bits per heavy atom. The maximum absolute atomic E-state index is 11.7. The zero-order valence-corrected chi connectivity index (χ0v) is 8.18. The molecule has 0 N–H and O–H groups in total. The molecule has 3 aliphatic carbocycles. The maximum atomic E-state index is 11.7. The lowest BCUT2D eigenvalue weighted by molar-refractivity contribution is -0.114. The summed E-state index contributed by atoms with van der Waals surface area (Å²) in [5.74, 6) is 1.97. The van der Waals surface area contributed by atoms with Gasteiger partial charge in [-0.1, -0.05) is 13.0 Å². The van der Waals surface area contributed by atoms with Crippen LogP contribution in [0.4, 0.5) is 0 Å². The van der Waals surface area contributed by atoms with Gasteiger partial charge in [-0.2, -0.15) is 0 Å². The van der Waals surface area contributed by atoms with Crippen molar-refractivity contribution in [3.8, 4) is 0 Å². The van der Waals surface area contributed by atoms with Crippen LogP contribution in [0.5, 0.6) is 0 Å². The minimum Gasteiger partial charge on any atom is -0.295 e. The fourth-order valence-electron chi connectivity index (χ4n) is 3.80. The predicted molar refractivity (Wildman–Crippen MR) is 51.3 cm³/mol. The van der Waals surface area contributed by atoms with Gasteiger partial charge in [-0.25, -0.2) is 0 Å². The topological polar surface area (TPSA) is 17.1 Å². The highest BCUT2D eigenvalue weighted by Crippen LogP contribution is 2.60. The van der Waals surface area contributed by atoms with Gasteiger partial charge in [-0.05, 0) is 43.1 Å². The summed E-state index contributed by atoms with van der Waals surface area (Å²) < 4.78 is 0. The standard InChI is InChI=1S/C12H16O/c1-8-6-11(13)10-3-2-9-4-5-12(8,10)7-9/h3,8-9H,2,4-7H2,1H3. The Kier molecular flexibility index (Phi) is 1.35. The average molecular weight is 176 g/mol. The van der Waals surface area contributed by atoms with Gasteiger partial charge in [-0.3, -0.25) is 4.79 Å². The van der Waals surface area contributed by atoms with Gasteiger partial charge >= 0.3 is 0 Å². The zero-order valence-electron chi connectivity index (χ0n) is 8.18. The van der Waals surface area contributed by atoms with E-state index in [9.17, 15) is 4.79 Å². The molecule has 0 aromatic heterocycles. The van der Waals surface area contributed by atoms with Crippen LogP contribution >= 0.6 is 0 Å². The first kappa shape index (κ1) is 7.78. The summed E-state index contributed by atoms with van der Waals surface area (Å²) in [6.45, 7) is 2.27. The van der Waals surface area contributed by atoms with E-state index in [1.165, 1.54) is 31.3 Å². The molecule has 0 amide bonds. The monoisotopic (exact) mass is 176 g/mol. The van der Waals surface area contributed by atoms with Crippen LogP contribution in [0.2, 0.25) is 0 Å². The summed E-state index contributed by atoms with van der Waals surface area (Å²) in [5.41, 5.74) is 1.56. The third kappa shape index (κ3) is 0.806. The van der Waals surface area contributed by atoms with E-state index in [0.29, 0.717) is 17.1 Å². The van der Waals surface area contributed by atoms with Crippen molar-refractivity contribution in [3.63, 3.8) is 0 Å². The Morgan fingerprint density at radius 1 is 1.54 bits per heavy atom. The Morgan fingerprint density at radius 3 is 3.23 bits per heavy atom. The van der Waals surface area contributed by atoms with Crippen molar-refractivity contribution in [2.24, 2.45) is 17.3 Å². The highest BCUT2D eigenvalue weighted by atomic mass is 16.1. The lowest BCUT2D eigenvalue weighted by Gasteiger charge is -2.32. The summed E-state index contributed by atoms with van der Waals surface area (Å²) in [4.78, 5) is 11.7. The molecule has 3 unspecified atom stereocenters. The minimum atomic E-state index is 0.347. The van der Waals surface area contributed by atoms with Crippen molar-refractivity contribution in [3.05, 3.63) is 11.6 Å². The number of ketones is 1. The van der Waals surface area contributed by atoms with Crippen molar-refractivity contribution in [2.75, 3.05) is 0 Å². The molecule has 0 aromatic carbocycles. The summed E-state index contributed by atoms with van der Waals surface area (Å²) in [6, 6.07) is 0. The van der Waals surface area contributed by atoms with Crippen molar-refractivity contribution in [1.82, 2.24) is 0 Å². The fourth-order valence-corrected chi connectivity index (χ4v) is 3.80. The third-order valence-electron chi connectivity index (χ3n) is 4.58. The van der Waals surface area contributed by atoms with E-state index in [1.807, 2.05) is 0 Å². The quantitative estimate of drug-likeness (QED) is 0.554. The van der Waals surface area contributed by atoms with Crippen LogP contribution in [0.1, 0.15) is 39.0 Å². The molecule has 0 saturated heterocycles. The molecule has 0 radical (unpaired) electrons. The van der Waals surface area contributed by atoms with E-state index in [1.54, 1.807) is 0 Å². The van der Waals surface area contributed by atoms with Gasteiger partial charge < -0.3 is 0 Å². The number of allylic oxidation sites excluding steroid dienone is 2. The molecule has 0 aliphatic heterocycles. The smallest absolute Gasteiger partial charge is 0.159 e. The highest BCUT2D eigenvalue weighted by Gasteiger charge is 2.54. The largest absolute Gasteiger partial charge is 0.295 e. The van der Waals surface area contributed by atoms with Crippen LogP contribution in [0.15, 0.2) is 11.6 Å². The molecule has 2 bridgehead atoms. The maximum Gasteiger partial charge on any atom is 0.159 e. The van der Waals surface area contributed by atoms with E-state index in [4.69, 9.17) is 0 Å². The Balaban J connectivity index is 2.12. The second-order valence-corrected chi connectivity index (χ2v) is 5.15. The molecular weight excluding hydrogens is 160 g/mol. The van der Waals surface area contributed by atoms with E-state index < -0.39 is 0 Å². The minimum absolute atomic E-state index is 0.347. The molecular formula is C12H16O. The molecule has 2 saturated carbocycles. The van der Waals surface area contributed by atoms with Gasteiger partial charge in [0.25, 0.3) is 0 Å². The average Bonchev–Trinajstić information content (AvgIpc) is 2.56. The number of fused-ring (bicyclic) bond motifs is 1. The SMILES string of the molecule is CC1CC(=O)C2=CCC3CCC21C3. The van der Waals surface area contributed by atoms with Gasteiger partial charge in [0.15, 0.2) is 5.78 Å². The van der Waals surface area contributed by atoms with E-state index in [-0.39, 0.29) is 0 Å². The van der Waals surface area contributed by atoms with Crippen LogP contribution in [-0.2, 0) is 4.79 Å². The molecule has 2 fully saturated rings. The molecule has 1 heteroatoms. The normalized spacial score (nSPS) is 47.8. The lowest BCUT2D eigenvalue weighted by Crippen LogP contribution is -2.24. The van der Waals surface area contributed by atoms with Crippen molar-refractivity contribution in [2.45, 2.75) is 39.0 Å². The number of hydrogen-bond acceptors (Lipinski definition) is 1. The van der Waals surface area contributed by atoms with E-state index in [2.05, 4.69) is 13.0 Å². The molecule has 3 atom stereocenters. The van der Waals surface area contributed by atoms with Crippen LogP contribution in [0.25, 0.3) is 0 Å². The van der Waals surface area contributed by atoms with Crippen LogP contribution in [-0.4, -0.2) is 5.78 Å². The van der Waals surface area contributed by atoms with Crippen molar-refractivity contribution >= 4 is 5.78 Å².